The lowest BCUT2D eigenvalue weighted by atomic mass is 9.79. The maximum atomic E-state index is 11.0. The minimum Gasteiger partial charge on any atom is -0.478 e. The van der Waals surface area contributed by atoms with Crippen LogP contribution in [0.4, 0.5) is 5.69 Å². The van der Waals surface area contributed by atoms with Gasteiger partial charge in [-0.05, 0) is 62.1 Å². The standard InChI is InChI=1S/C17H25NO2/c1-11(2)13-6-8-15(9-7-13)18-16-10-14(17(19)20)5-4-12(16)3/h4-5,10-11,13,15,18H,6-9H2,1-3H3,(H,19,20). The van der Waals surface area contributed by atoms with Crippen molar-refractivity contribution >= 4 is 11.7 Å². The molecule has 1 aliphatic rings. The van der Waals surface area contributed by atoms with Crippen LogP contribution in [-0.2, 0) is 0 Å². The van der Waals surface area contributed by atoms with Crippen LogP contribution in [0.15, 0.2) is 18.2 Å². The second kappa shape index (κ2) is 6.29. The molecule has 1 aliphatic carbocycles. The molecule has 0 radical (unpaired) electrons. The van der Waals surface area contributed by atoms with Crippen molar-refractivity contribution in [2.45, 2.75) is 52.5 Å². The van der Waals surface area contributed by atoms with E-state index in [0.717, 1.165) is 23.1 Å². The first-order valence-electron chi connectivity index (χ1n) is 7.58. The first-order chi connectivity index (χ1) is 9.47. The van der Waals surface area contributed by atoms with Crippen LogP contribution in [-0.4, -0.2) is 17.1 Å². The van der Waals surface area contributed by atoms with Crippen molar-refractivity contribution in [2.24, 2.45) is 11.8 Å². The fourth-order valence-electron chi connectivity index (χ4n) is 3.06. The summed E-state index contributed by atoms with van der Waals surface area (Å²) in [7, 11) is 0. The Morgan fingerprint density at radius 1 is 1.25 bits per heavy atom. The number of aryl methyl sites for hydroxylation is 1. The predicted octanol–water partition coefficient (Wildman–Crippen LogP) is 4.32. The lowest BCUT2D eigenvalue weighted by Crippen LogP contribution is -2.28. The topological polar surface area (TPSA) is 49.3 Å². The number of rotatable bonds is 4. The minimum absolute atomic E-state index is 0.356. The van der Waals surface area contributed by atoms with Gasteiger partial charge < -0.3 is 10.4 Å². The van der Waals surface area contributed by atoms with Crippen molar-refractivity contribution < 1.29 is 9.90 Å². The van der Waals surface area contributed by atoms with E-state index in [-0.39, 0.29) is 0 Å². The van der Waals surface area contributed by atoms with Gasteiger partial charge >= 0.3 is 5.97 Å². The monoisotopic (exact) mass is 275 g/mol. The van der Waals surface area contributed by atoms with Crippen LogP contribution in [0.3, 0.4) is 0 Å². The van der Waals surface area contributed by atoms with Crippen LogP contribution in [0.2, 0.25) is 0 Å². The van der Waals surface area contributed by atoms with Crippen LogP contribution >= 0.6 is 0 Å². The SMILES string of the molecule is Cc1ccc(C(=O)O)cc1NC1CCC(C(C)C)CC1. The second-order valence-electron chi connectivity index (χ2n) is 6.33. The predicted molar refractivity (Wildman–Crippen MR) is 82.3 cm³/mol. The van der Waals surface area contributed by atoms with Crippen molar-refractivity contribution in [3.8, 4) is 0 Å². The molecule has 3 heteroatoms. The van der Waals surface area contributed by atoms with Crippen LogP contribution < -0.4 is 5.32 Å². The van der Waals surface area contributed by atoms with Crippen molar-refractivity contribution in [3.63, 3.8) is 0 Å². The molecule has 2 N–H and O–H groups in total. The minimum atomic E-state index is -0.864. The number of anilines is 1. The summed E-state index contributed by atoms with van der Waals surface area (Å²) in [6, 6.07) is 5.78. The first kappa shape index (κ1) is 14.9. The van der Waals surface area contributed by atoms with E-state index in [0.29, 0.717) is 11.6 Å². The molecule has 2 rings (SSSR count). The van der Waals surface area contributed by atoms with E-state index in [1.165, 1.54) is 25.7 Å². The highest BCUT2D eigenvalue weighted by molar-refractivity contribution is 5.89. The molecule has 1 aromatic carbocycles. The highest BCUT2D eigenvalue weighted by Crippen LogP contribution is 2.32. The molecule has 0 aromatic heterocycles. The average Bonchev–Trinajstić information content (AvgIpc) is 2.41. The summed E-state index contributed by atoms with van der Waals surface area (Å²) in [5, 5.41) is 12.6. The Morgan fingerprint density at radius 2 is 1.90 bits per heavy atom. The molecule has 0 spiro atoms. The number of aromatic carboxylic acids is 1. The number of carboxylic acid groups (broad SMARTS) is 1. The van der Waals surface area contributed by atoms with E-state index < -0.39 is 5.97 Å². The van der Waals surface area contributed by atoms with Gasteiger partial charge in [-0.15, -0.1) is 0 Å². The number of carbonyl (C=O) groups is 1. The molecule has 0 bridgehead atoms. The molecule has 20 heavy (non-hydrogen) atoms. The Hall–Kier alpha value is -1.51. The summed E-state index contributed by atoms with van der Waals surface area (Å²) in [5.74, 6) is 0.754. The zero-order valence-corrected chi connectivity index (χ0v) is 12.6. The molecule has 0 atom stereocenters. The summed E-state index contributed by atoms with van der Waals surface area (Å²) in [5.41, 5.74) is 2.44. The molecule has 0 saturated heterocycles. The molecule has 0 aliphatic heterocycles. The van der Waals surface area contributed by atoms with Crippen LogP contribution in [0.25, 0.3) is 0 Å². The third-order valence-corrected chi connectivity index (χ3v) is 4.56. The summed E-state index contributed by atoms with van der Waals surface area (Å²) >= 11 is 0. The zero-order chi connectivity index (χ0) is 14.7. The number of nitrogens with one attached hydrogen (secondary N) is 1. The summed E-state index contributed by atoms with van der Waals surface area (Å²) < 4.78 is 0. The van der Waals surface area contributed by atoms with Gasteiger partial charge in [0.25, 0.3) is 0 Å². The van der Waals surface area contributed by atoms with Gasteiger partial charge in [-0.25, -0.2) is 4.79 Å². The fourth-order valence-corrected chi connectivity index (χ4v) is 3.06. The van der Waals surface area contributed by atoms with Gasteiger partial charge in [0.1, 0.15) is 0 Å². The third kappa shape index (κ3) is 3.53. The first-order valence-corrected chi connectivity index (χ1v) is 7.58. The summed E-state index contributed by atoms with van der Waals surface area (Å²) in [6.45, 7) is 6.63. The quantitative estimate of drug-likeness (QED) is 0.860. The summed E-state index contributed by atoms with van der Waals surface area (Å²) in [4.78, 5) is 11.0. The Kier molecular flexibility index (Phi) is 4.69. The molecule has 0 heterocycles. The molecule has 0 unspecified atom stereocenters. The van der Waals surface area contributed by atoms with Gasteiger partial charge in [0.15, 0.2) is 0 Å². The smallest absolute Gasteiger partial charge is 0.335 e. The lowest BCUT2D eigenvalue weighted by molar-refractivity contribution is 0.0697. The van der Waals surface area contributed by atoms with E-state index in [9.17, 15) is 4.79 Å². The van der Waals surface area contributed by atoms with Crippen molar-refractivity contribution in [1.82, 2.24) is 0 Å². The van der Waals surface area contributed by atoms with Crippen molar-refractivity contribution in [1.29, 1.82) is 0 Å². The van der Waals surface area contributed by atoms with Crippen LogP contribution in [0.1, 0.15) is 55.5 Å². The van der Waals surface area contributed by atoms with E-state index in [4.69, 9.17) is 5.11 Å². The van der Waals surface area contributed by atoms with Crippen LogP contribution in [0.5, 0.6) is 0 Å². The second-order valence-corrected chi connectivity index (χ2v) is 6.33. The third-order valence-electron chi connectivity index (χ3n) is 4.56. The van der Waals surface area contributed by atoms with E-state index in [1.807, 2.05) is 13.0 Å². The normalized spacial score (nSPS) is 22.8. The molecule has 1 aromatic rings. The van der Waals surface area contributed by atoms with Gasteiger partial charge in [0, 0.05) is 11.7 Å². The molecule has 1 fully saturated rings. The Labute approximate surface area is 121 Å². The average molecular weight is 275 g/mol. The van der Waals surface area contributed by atoms with E-state index >= 15 is 0 Å². The van der Waals surface area contributed by atoms with Crippen molar-refractivity contribution in [2.75, 3.05) is 5.32 Å². The Morgan fingerprint density at radius 3 is 2.45 bits per heavy atom. The van der Waals surface area contributed by atoms with Gasteiger partial charge in [0.2, 0.25) is 0 Å². The number of hydrogen-bond acceptors (Lipinski definition) is 2. The summed E-state index contributed by atoms with van der Waals surface area (Å²) in [6.07, 6.45) is 4.90. The molecular formula is C17H25NO2. The van der Waals surface area contributed by atoms with E-state index in [2.05, 4.69) is 19.2 Å². The number of carboxylic acids is 1. The van der Waals surface area contributed by atoms with Crippen molar-refractivity contribution in [3.05, 3.63) is 29.3 Å². The maximum Gasteiger partial charge on any atom is 0.335 e. The largest absolute Gasteiger partial charge is 0.478 e. The number of benzene rings is 1. The lowest BCUT2D eigenvalue weighted by Gasteiger charge is -2.32. The Bertz CT molecular complexity index is 474. The van der Waals surface area contributed by atoms with Gasteiger partial charge in [-0.3, -0.25) is 0 Å². The molecule has 1 saturated carbocycles. The van der Waals surface area contributed by atoms with E-state index in [1.54, 1.807) is 12.1 Å². The zero-order valence-electron chi connectivity index (χ0n) is 12.6. The Balaban J connectivity index is 2.00. The highest BCUT2D eigenvalue weighted by atomic mass is 16.4. The molecule has 3 nitrogen and oxygen atoms in total. The van der Waals surface area contributed by atoms with Gasteiger partial charge in [-0.2, -0.15) is 0 Å². The highest BCUT2D eigenvalue weighted by Gasteiger charge is 2.23. The van der Waals surface area contributed by atoms with Crippen LogP contribution in [0, 0.1) is 18.8 Å². The fraction of sp³-hybridized carbons (Fsp3) is 0.588. The number of hydrogen-bond donors (Lipinski definition) is 2. The van der Waals surface area contributed by atoms with Gasteiger partial charge in [-0.1, -0.05) is 19.9 Å². The molecular weight excluding hydrogens is 250 g/mol. The molecule has 0 amide bonds. The maximum absolute atomic E-state index is 11.0. The molecule has 110 valence electrons. The van der Waals surface area contributed by atoms with Gasteiger partial charge in [0.05, 0.1) is 5.56 Å².